The van der Waals surface area contributed by atoms with Gasteiger partial charge in [0.05, 0.1) is 17.9 Å². The number of carbonyl (C=O) groups is 3. The van der Waals surface area contributed by atoms with Crippen molar-refractivity contribution in [1.29, 1.82) is 0 Å². The number of carbonyl (C=O) groups excluding carboxylic acids is 3. The lowest BCUT2D eigenvalue weighted by Gasteiger charge is -2.12. The molecular weight excluding hydrogens is 360 g/mol. The lowest BCUT2D eigenvalue weighted by atomic mass is 10.1. The second kappa shape index (κ2) is 9.03. The standard InChI is InChI=1S/C21H22N2O5/c1-2-27-18-10-6-4-8-16(18)21(26)28-13-19(24)23-17-9-5-3-7-15(17)20(25)22-14-11-12-14/h3-10,14H,2,11-13H2,1H3,(H,22,25)(H,23,24). The van der Waals surface area contributed by atoms with Crippen molar-refractivity contribution in [1.82, 2.24) is 5.32 Å². The van der Waals surface area contributed by atoms with Gasteiger partial charge in [-0.1, -0.05) is 24.3 Å². The fraction of sp³-hybridized carbons (Fsp3) is 0.286. The molecule has 2 aromatic carbocycles. The molecule has 1 aliphatic rings. The number of nitrogens with one attached hydrogen (secondary N) is 2. The number of anilines is 1. The Morgan fingerprint density at radius 2 is 1.68 bits per heavy atom. The molecule has 0 unspecified atom stereocenters. The van der Waals surface area contributed by atoms with Gasteiger partial charge in [0.2, 0.25) is 0 Å². The van der Waals surface area contributed by atoms with Crippen LogP contribution in [-0.2, 0) is 9.53 Å². The van der Waals surface area contributed by atoms with E-state index in [1.54, 1.807) is 48.5 Å². The molecule has 28 heavy (non-hydrogen) atoms. The molecule has 2 amide bonds. The smallest absolute Gasteiger partial charge is 0.342 e. The molecule has 0 bridgehead atoms. The van der Waals surface area contributed by atoms with Crippen molar-refractivity contribution in [3.8, 4) is 5.75 Å². The van der Waals surface area contributed by atoms with Crippen molar-refractivity contribution in [2.75, 3.05) is 18.5 Å². The van der Waals surface area contributed by atoms with Gasteiger partial charge in [0.15, 0.2) is 6.61 Å². The quantitative estimate of drug-likeness (QED) is 0.685. The van der Waals surface area contributed by atoms with Gasteiger partial charge in [0.25, 0.3) is 11.8 Å². The summed E-state index contributed by atoms with van der Waals surface area (Å²) in [5.74, 6) is -1.02. The van der Waals surface area contributed by atoms with Gasteiger partial charge < -0.3 is 20.1 Å². The van der Waals surface area contributed by atoms with Crippen LogP contribution in [-0.4, -0.2) is 37.0 Å². The summed E-state index contributed by atoms with van der Waals surface area (Å²) >= 11 is 0. The highest BCUT2D eigenvalue weighted by Gasteiger charge is 2.25. The number of rotatable bonds is 8. The summed E-state index contributed by atoms with van der Waals surface area (Å²) < 4.78 is 10.5. The van der Waals surface area contributed by atoms with Crippen LogP contribution < -0.4 is 15.4 Å². The van der Waals surface area contributed by atoms with Crippen molar-refractivity contribution in [2.24, 2.45) is 0 Å². The molecule has 1 aliphatic carbocycles. The van der Waals surface area contributed by atoms with E-state index in [0.717, 1.165) is 12.8 Å². The maximum Gasteiger partial charge on any atom is 0.342 e. The molecule has 2 N–H and O–H groups in total. The Labute approximate surface area is 163 Å². The Bertz CT molecular complexity index is 877. The zero-order valence-electron chi connectivity index (χ0n) is 15.6. The third-order valence-corrected chi connectivity index (χ3v) is 4.10. The van der Waals surface area contributed by atoms with E-state index in [9.17, 15) is 14.4 Å². The largest absolute Gasteiger partial charge is 0.493 e. The van der Waals surface area contributed by atoms with Crippen molar-refractivity contribution in [3.63, 3.8) is 0 Å². The third kappa shape index (κ3) is 5.09. The Hall–Kier alpha value is -3.35. The normalized spacial score (nSPS) is 12.8. The van der Waals surface area contributed by atoms with Gasteiger partial charge in [-0.05, 0) is 44.0 Å². The molecule has 0 aliphatic heterocycles. The van der Waals surface area contributed by atoms with Crippen molar-refractivity contribution in [3.05, 3.63) is 59.7 Å². The summed E-state index contributed by atoms with van der Waals surface area (Å²) in [5.41, 5.74) is 0.994. The molecule has 7 nitrogen and oxygen atoms in total. The van der Waals surface area contributed by atoms with Crippen molar-refractivity contribution >= 4 is 23.5 Å². The molecule has 0 aromatic heterocycles. The number of benzene rings is 2. The van der Waals surface area contributed by atoms with E-state index in [0.29, 0.717) is 23.6 Å². The summed E-state index contributed by atoms with van der Waals surface area (Å²) in [4.78, 5) is 36.8. The fourth-order valence-electron chi connectivity index (χ4n) is 2.59. The zero-order valence-corrected chi connectivity index (χ0v) is 15.6. The van der Waals surface area contributed by atoms with E-state index < -0.39 is 18.5 Å². The van der Waals surface area contributed by atoms with Crippen molar-refractivity contribution in [2.45, 2.75) is 25.8 Å². The average Bonchev–Trinajstić information content (AvgIpc) is 3.51. The Kier molecular flexibility index (Phi) is 6.26. The molecule has 2 aromatic rings. The Morgan fingerprint density at radius 3 is 2.39 bits per heavy atom. The van der Waals surface area contributed by atoms with Crippen LogP contribution in [0, 0.1) is 0 Å². The SMILES string of the molecule is CCOc1ccccc1C(=O)OCC(=O)Nc1ccccc1C(=O)NC1CC1. The van der Waals surface area contributed by atoms with Gasteiger partial charge in [0, 0.05) is 6.04 Å². The van der Waals surface area contributed by atoms with Gasteiger partial charge >= 0.3 is 5.97 Å². The molecule has 146 valence electrons. The first-order chi connectivity index (χ1) is 13.6. The van der Waals surface area contributed by atoms with E-state index >= 15 is 0 Å². The molecule has 1 fully saturated rings. The predicted molar refractivity (Wildman–Crippen MR) is 103 cm³/mol. The number of hydrogen-bond donors (Lipinski definition) is 2. The molecule has 3 rings (SSSR count). The van der Waals surface area contributed by atoms with Crippen LogP contribution in [0.2, 0.25) is 0 Å². The van der Waals surface area contributed by atoms with Crippen LogP contribution in [0.25, 0.3) is 0 Å². The first-order valence-corrected chi connectivity index (χ1v) is 9.17. The van der Waals surface area contributed by atoms with Crippen LogP contribution in [0.5, 0.6) is 5.75 Å². The number of amides is 2. The minimum Gasteiger partial charge on any atom is -0.493 e. The fourth-order valence-corrected chi connectivity index (χ4v) is 2.59. The highest BCUT2D eigenvalue weighted by Crippen LogP contribution is 2.22. The minimum atomic E-state index is -0.654. The summed E-state index contributed by atoms with van der Waals surface area (Å²) in [6.45, 7) is 1.74. The summed E-state index contributed by atoms with van der Waals surface area (Å²) in [6, 6.07) is 13.6. The number of esters is 1. The molecule has 0 saturated heterocycles. The first kappa shape index (κ1) is 19.4. The maximum absolute atomic E-state index is 12.3. The van der Waals surface area contributed by atoms with E-state index in [2.05, 4.69) is 10.6 Å². The predicted octanol–water partition coefficient (Wildman–Crippen LogP) is 2.77. The third-order valence-electron chi connectivity index (χ3n) is 4.10. The van der Waals surface area contributed by atoms with Gasteiger partial charge in [-0.2, -0.15) is 0 Å². The zero-order chi connectivity index (χ0) is 19.9. The van der Waals surface area contributed by atoms with Gasteiger partial charge in [-0.3, -0.25) is 9.59 Å². The molecule has 0 heterocycles. The van der Waals surface area contributed by atoms with E-state index in [4.69, 9.17) is 9.47 Å². The van der Waals surface area contributed by atoms with Crippen molar-refractivity contribution < 1.29 is 23.9 Å². The summed E-state index contributed by atoms with van der Waals surface area (Å²) in [6.07, 6.45) is 1.94. The van der Waals surface area contributed by atoms with Crippen LogP contribution in [0.3, 0.4) is 0 Å². The van der Waals surface area contributed by atoms with Crippen LogP contribution in [0.4, 0.5) is 5.69 Å². The Morgan fingerprint density at radius 1 is 1.00 bits per heavy atom. The molecule has 7 heteroatoms. The molecule has 0 atom stereocenters. The molecule has 0 spiro atoms. The number of para-hydroxylation sites is 2. The molecule has 1 saturated carbocycles. The van der Waals surface area contributed by atoms with E-state index in [1.807, 2.05) is 6.92 Å². The van der Waals surface area contributed by atoms with Crippen LogP contribution in [0.15, 0.2) is 48.5 Å². The second-order valence-corrected chi connectivity index (χ2v) is 6.35. The highest BCUT2D eigenvalue weighted by molar-refractivity contribution is 6.04. The average molecular weight is 382 g/mol. The van der Waals surface area contributed by atoms with Gasteiger partial charge in [0.1, 0.15) is 11.3 Å². The van der Waals surface area contributed by atoms with E-state index in [-0.39, 0.29) is 17.5 Å². The topological polar surface area (TPSA) is 93.7 Å². The Balaban J connectivity index is 1.59. The monoisotopic (exact) mass is 382 g/mol. The van der Waals surface area contributed by atoms with E-state index in [1.165, 1.54) is 0 Å². The molecule has 0 radical (unpaired) electrons. The lowest BCUT2D eigenvalue weighted by Crippen LogP contribution is -2.28. The second-order valence-electron chi connectivity index (χ2n) is 6.35. The number of ether oxygens (including phenoxy) is 2. The van der Waals surface area contributed by atoms with Gasteiger partial charge in [-0.25, -0.2) is 4.79 Å². The lowest BCUT2D eigenvalue weighted by molar-refractivity contribution is -0.119. The molecular formula is C21H22N2O5. The summed E-state index contributed by atoms with van der Waals surface area (Å²) in [7, 11) is 0. The minimum absolute atomic E-state index is 0.211. The maximum atomic E-state index is 12.3. The highest BCUT2D eigenvalue weighted by atomic mass is 16.5. The van der Waals surface area contributed by atoms with Gasteiger partial charge in [-0.15, -0.1) is 0 Å². The first-order valence-electron chi connectivity index (χ1n) is 9.17. The van der Waals surface area contributed by atoms with Crippen LogP contribution >= 0.6 is 0 Å². The van der Waals surface area contributed by atoms with Crippen LogP contribution in [0.1, 0.15) is 40.5 Å². The summed E-state index contributed by atoms with van der Waals surface area (Å²) in [5, 5.41) is 5.51. The number of hydrogen-bond acceptors (Lipinski definition) is 5.